The highest BCUT2D eigenvalue weighted by Gasteiger charge is 2.39. The molecule has 1 N–H and O–H groups in total. The molecule has 0 radical (unpaired) electrons. The van der Waals surface area contributed by atoms with Gasteiger partial charge in [0.15, 0.2) is 0 Å². The van der Waals surface area contributed by atoms with Crippen molar-refractivity contribution in [2.75, 3.05) is 26.2 Å². The molecule has 2 nitrogen and oxygen atoms in total. The number of nitrogens with zero attached hydrogens (tertiary/aromatic N) is 1. The summed E-state index contributed by atoms with van der Waals surface area (Å²) in [5.74, 6) is -0.178. The third kappa shape index (κ3) is 4.07. The lowest BCUT2D eigenvalue weighted by atomic mass is 9.68. The minimum atomic E-state index is -0.178. The first-order valence-electron chi connectivity index (χ1n) is 9.39. The van der Waals surface area contributed by atoms with Crippen molar-refractivity contribution in [1.29, 1.82) is 0 Å². The van der Waals surface area contributed by atoms with E-state index in [0.29, 0.717) is 10.0 Å². The second kappa shape index (κ2) is 7.92. The van der Waals surface area contributed by atoms with Crippen LogP contribution < -0.4 is 5.32 Å². The van der Waals surface area contributed by atoms with Crippen LogP contribution in [0, 0.1) is 5.82 Å². The second-order valence-electron chi connectivity index (χ2n) is 7.52. The molecule has 2 aromatic rings. The molecule has 0 unspecified atom stereocenters. The maximum Gasteiger partial charge on any atom is 0.123 e. The van der Waals surface area contributed by atoms with Gasteiger partial charge in [0.25, 0.3) is 0 Å². The fourth-order valence-corrected chi connectivity index (χ4v) is 5.03. The Morgan fingerprint density at radius 1 is 1.00 bits per heavy atom. The first-order chi connectivity index (χ1) is 13.0. The van der Waals surface area contributed by atoms with Crippen LogP contribution in [0.25, 0.3) is 0 Å². The van der Waals surface area contributed by atoms with Gasteiger partial charge in [0.1, 0.15) is 5.82 Å². The van der Waals surface area contributed by atoms with Crippen LogP contribution >= 0.6 is 23.2 Å². The summed E-state index contributed by atoms with van der Waals surface area (Å²) in [4.78, 5) is 2.41. The lowest BCUT2D eigenvalue weighted by Crippen LogP contribution is -2.42. The highest BCUT2D eigenvalue weighted by molar-refractivity contribution is 6.34. The third-order valence-electron chi connectivity index (χ3n) is 5.79. The van der Waals surface area contributed by atoms with Crippen molar-refractivity contribution in [3.8, 4) is 0 Å². The van der Waals surface area contributed by atoms with Crippen LogP contribution in [0.5, 0.6) is 0 Å². The predicted octanol–water partition coefficient (Wildman–Crippen LogP) is 5.20. The van der Waals surface area contributed by atoms with Crippen molar-refractivity contribution in [3.05, 3.63) is 81.1 Å². The maximum atomic E-state index is 13.5. The molecule has 0 saturated carbocycles. The largest absolute Gasteiger partial charge is 0.317 e. The van der Waals surface area contributed by atoms with Gasteiger partial charge in [0, 0.05) is 35.1 Å². The normalized spacial score (nSPS) is 19.9. The number of rotatable bonds is 4. The maximum absolute atomic E-state index is 13.5. The van der Waals surface area contributed by atoms with Gasteiger partial charge in [-0.1, -0.05) is 41.4 Å². The van der Waals surface area contributed by atoms with Crippen LogP contribution in [0.1, 0.15) is 24.0 Å². The molecule has 5 heteroatoms. The van der Waals surface area contributed by atoms with Gasteiger partial charge in [-0.2, -0.15) is 0 Å². The molecule has 0 amide bonds. The molecule has 0 bridgehead atoms. The van der Waals surface area contributed by atoms with Gasteiger partial charge >= 0.3 is 0 Å². The average Bonchev–Trinajstić information content (AvgIpc) is 3.11. The first-order valence-corrected chi connectivity index (χ1v) is 10.1. The standard InChI is InChI=1S/C22H23Cl2FN2/c23-19-11-16(12-20(24)13-19)14-27-10-5-18(15-27)22(6-8-26-9-7-22)17-1-3-21(25)4-2-17/h1-5,11-13,26H,6-10,14-15H2. The summed E-state index contributed by atoms with van der Waals surface area (Å²) >= 11 is 12.3. The van der Waals surface area contributed by atoms with Crippen LogP contribution in [0.4, 0.5) is 4.39 Å². The van der Waals surface area contributed by atoms with Gasteiger partial charge in [-0.05, 0) is 73.0 Å². The Morgan fingerprint density at radius 2 is 1.67 bits per heavy atom. The highest BCUT2D eigenvalue weighted by Crippen LogP contribution is 2.42. The number of nitrogens with one attached hydrogen (secondary N) is 1. The van der Waals surface area contributed by atoms with Crippen molar-refractivity contribution >= 4 is 23.2 Å². The van der Waals surface area contributed by atoms with Gasteiger partial charge in [-0.25, -0.2) is 4.39 Å². The SMILES string of the molecule is Fc1ccc(C2(C3=CCN(Cc4cc(Cl)cc(Cl)c4)C3)CCNCC2)cc1. The molecule has 0 spiro atoms. The molecular weight excluding hydrogens is 382 g/mol. The van der Waals surface area contributed by atoms with Crippen LogP contribution in [0.15, 0.2) is 54.1 Å². The molecular formula is C22H23Cl2FN2. The zero-order valence-electron chi connectivity index (χ0n) is 15.1. The molecule has 2 aromatic carbocycles. The van der Waals surface area contributed by atoms with Gasteiger partial charge in [0.05, 0.1) is 0 Å². The van der Waals surface area contributed by atoms with E-state index in [9.17, 15) is 4.39 Å². The molecule has 142 valence electrons. The van der Waals surface area contributed by atoms with E-state index in [1.807, 2.05) is 24.3 Å². The molecule has 0 aromatic heterocycles. The van der Waals surface area contributed by atoms with Crippen LogP contribution in [0.3, 0.4) is 0 Å². The van der Waals surface area contributed by atoms with Crippen LogP contribution in [-0.4, -0.2) is 31.1 Å². The zero-order chi connectivity index (χ0) is 18.9. The Morgan fingerprint density at radius 3 is 2.33 bits per heavy atom. The number of hydrogen-bond donors (Lipinski definition) is 1. The lowest BCUT2D eigenvalue weighted by molar-refractivity contribution is 0.303. The van der Waals surface area contributed by atoms with E-state index in [1.54, 1.807) is 18.2 Å². The summed E-state index contributed by atoms with van der Waals surface area (Å²) in [6.07, 6.45) is 4.45. The Labute approximate surface area is 170 Å². The Balaban J connectivity index is 1.55. The number of halogens is 3. The van der Waals surface area contributed by atoms with Crippen molar-refractivity contribution in [3.63, 3.8) is 0 Å². The first kappa shape index (κ1) is 18.9. The summed E-state index contributed by atoms with van der Waals surface area (Å²) in [6.45, 7) is 4.62. The number of hydrogen-bond acceptors (Lipinski definition) is 2. The quantitative estimate of drug-likeness (QED) is 0.704. The molecule has 0 atom stereocenters. The van der Waals surface area contributed by atoms with E-state index in [2.05, 4.69) is 16.3 Å². The zero-order valence-corrected chi connectivity index (χ0v) is 16.7. The minimum absolute atomic E-state index is 0.000319. The summed E-state index contributed by atoms with van der Waals surface area (Å²) in [7, 11) is 0. The predicted molar refractivity (Wildman–Crippen MR) is 110 cm³/mol. The summed E-state index contributed by atoms with van der Waals surface area (Å²) in [5.41, 5.74) is 3.80. The van der Waals surface area contributed by atoms with E-state index in [0.717, 1.165) is 51.1 Å². The molecule has 1 saturated heterocycles. The van der Waals surface area contributed by atoms with Gasteiger partial charge in [-0.3, -0.25) is 4.90 Å². The fourth-order valence-electron chi connectivity index (χ4n) is 4.45. The van der Waals surface area contributed by atoms with Crippen molar-refractivity contribution in [2.24, 2.45) is 0 Å². The lowest BCUT2D eigenvalue weighted by Gasteiger charge is -2.40. The fraction of sp³-hybridized carbons (Fsp3) is 0.364. The average molecular weight is 405 g/mol. The molecule has 27 heavy (non-hydrogen) atoms. The molecule has 2 heterocycles. The Kier molecular flexibility index (Phi) is 5.56. The Hall–Kier alpha value is -1.39. The van der Waals surface area contributed by atoms with Gasteiger partial charge in [0.2, 0.25) is 0 Å². The Bertz CT molecular complexity index is 822. The highest BCUT2D eigenvalue weighted by atomic mass is 35.5. The summed E-state index contributed by atoms with van der Waals surface area (Å²) in [6, 6.07) is 12.8. The molecule has 0 aliphatic carbocycles. The molecule has 2 aliphatic heterocycles. The van der Waals surface area contributed by atoms with Gasteiger partial charge < -0.3 is 5.32 Å². The van der Waals surface area contributed by atoms with Gasteiger partial charge in [-0.15, -0.1) is 0 Å². The smallest absolute Gasteiger partial charge is 0.123 e. The molecule has 1 fully saturated rings. The number of piperidine rings is 1. The second-order valence-corrected chi connectivity index (χ2v) is 8.39. The van der Waals surface area contributed by atoms with E-state index in [-0.39, 0.29) is 11.2 Å². The molecule has 4 rings (SSSR count). The van der Waals surface area contributed by atoms with E-state index in [4.69, 9.17) is 23.2 Å². The van der Waals surface area contributed by atoms with Crippen molar-refractivity contribution in [1.82, 2.24) is 10.2 Å². The minimum Gasteiger partial charge on any atom is -0.317 e. The topological polar surface area (TPSA) is 15.3 Å². The van der Waals surface area contributed by atoms with E-state index >= 15 is 0 Å². The number of benzene rings is 2. The summed E-state index contributed by atoms with van der Waals surface area (Å²) in [5, 5.41) is 4.81. The van der Waals surface area contributed by atoms with E-state index in [1.165, 1.54) is 11.1 Å². The third-order valence-corrected chi connectivity index (χ3v) is 6.22. The summed E-state index contributed by atoms with van der Waals surface area (Å²) < 4.78 is 13.5. The van der Waals surface area contributed by atoms with Crippen molar-refractivity contribution < 1.29 is 4.39 Å². The monoisotopic (exact) mass is 404 g/mol. The van der Waals surface area contributed by atoms with E-state index < -0.39 is 0 Å². The molecule has 2 aliphatic rings. The van der Waals surface area contributed by atoms with Crippen LogP contribution in [-0.2, 0) is 12.0 Å². The van der Waals surface area contributed by atoms with Crippen LogP contribution in [0.2, 0.25) is 10.0 Å². The van der Waals surface area contributed by atoms with Crippen molar-refractivity contribution in [2.45, 2.75) is 24.8 Å².